The summed E-state index contributed by atoms with van der Waals surface area (Å²) in [5.41, 5.74) is 1.64. The van der Waals surface area contributed by atoms with E-state index >= 15 is 0 Å². The van der Waals surface area contributed by atoms with Gasteiger partial charge in [0, 0.05) is 19.6 Å². The topological polar surface area (TPSA) is 66.5 Å². The standard InChI is InChI=1S/C19H27FN2O3S/c1-26(24,25)22(13-11-16-7-3-2-4-8-16)14-12-21-19(23)15-17-9-5-6-10-18(17)20/h5-7,9-10H,2-4,8,11-15H2,1H3,(H,21,23). The number of carbonyl (C=O) groups is 1. The molecule has 0 radical (unpaired) electrons. The Morgan fingerprint density at radius 2 is 2.00 bits per heavy atom. The van der Waals surface area contributed by atoms with E-state index in [-0.39, 0.29) is 25.4 Å². The molecule has 0 bridgehead atoms. The molecule has 1 aliphatic rings. The van der Waals surface area contributed by atoms with Gasteiger partial charge in [0.2, 0.25) is 15.9 Å². The van der Waals surface area contributed by atoms with Crippen LogP contribution in [0.3, 0.4) is 0 Å². The highest BCUT2D eigenvalue weighted by Crippen LogP contribution is 2.20. The van der Waals surface area contributed by atoms with Crippen molar-refractivity contribution in [3.05, 3.63) is 47.3 Å². The van der Waals surface area contributed by atoms with Crippen molar-refractivity contribution < 1.29 is 17.6 Å². The highest BCUT2D eigenvalue weighted by Gasteiger charge is 2.17. The first-order valence-corrected chi connectivity index (χ1v) is 10.8. The van der Waals surface area contributed by atoms with Crippen LogP contribution in [0, 0.1) is 5.82 Å². The van der Waals surface area contributed by atoms with Gasteiger partial charge in [-0.3, -0.25) is 4.79 Å². The predicted octanol–water partition coefficient (Wildman–Crippen LogP) is 2.64. The lowest BCUT2D eigenvalue weighted by Gasteiger charge is -2.22. The Kier molecular flexibility index (Phi) is 7.78. The summed E-state index contributed by atoms with van der Waals surface area (Å²) in [6.45, 7) is 0.850. The van der Waals surface area contributed by atoms with Gasteiger partial charge in [-0.25, -0.2) is 17.1 Å². The van der Waals surface area contributed by atoms with Crippen molar-refractivity contribution in [1.82, 2.24) is 9.62 Å². The van der Waals surface area contributed by atoms with Gasteiger partial charge in [-0.2, -0.15) is 0 Å². The van der Waals surface area contributed by atoms with Gasteiger partial charge in [-0.15, -0.1) is 0 Å². The zero-order valence-corrected chi connectivity index (χ0v) is 16.0. The van der Waals surface area contributed by atoms with Crippen molar-refractivity contribution in [2.45, 2.75) is 38.5 Å². The van der Waals surface area contributed by atoms with Crippen LogP contribution in [0.4, 0.5) is 4.39 Å². The number of nitrogens with one attached hydrogen (secondary N) is 1. The quantitative estimate of drug-likeness (QED) is 0.668. The molecule has 0 aliphatic heterocycles. The summed E-state index contributed by atoms with van der Waals surface area (Å²) >= 11 is 0. The average molecular weight is 383 g/mol. The Hall–Kier alpha value is -1.73. The van der Waals surface area contributed by atoms with Gasteiger partial charge in [-0.05, 0) is 43.7 Å². The summed E-state index contributed by atoms with van der Waals surface area (Å²) in [6.07, 6.45) is 8.54. The van der Waals surface area contributed by atoms with Crippen LogP contribution < -0.4 is 5.32 Å². The molecular weight excluding hydrogens is 355 g/mol. The van der Waals surface area contributed by atoms with Crippen LogP contribution in [-0.2, 0) is 21.2 Å². The summed E-state index contributed by atoms with van der Waals surface area (Å²) < 4.78 is 38.9. The SMILES string of the molecule is CS(=O)(=O)N(CCNC(=O)Cc1ccccc1F)CCC1=CCCCC1. The average Bonchev–Trinajstić information content (AvgIpc) is 2.60. The number of rotatable bonds is 9. The zero-order chi connectivity index (χ0) is 19.0. The third-order valence-electron chi connectivity index (χ3n) is 4.53. The van der Waals surface area contributed by atoms with E-state index in [2.05, 4.69) is 11.4 Å². The molecule has 5 nitrogen and oxygen atoms in total. The number of allylic oxidation sites excluding steroid dienone is 1. The maximum absolute atomic E-state index is 13.6. The maximum Gasteiger partial charge on any atom is 0.224 e. The second kappa shape index (κ2) is 9.83. The first-order chi connectivity index (χ1) is 12.4. The van der Waals surface area contributed by atoms with Gasteiger partial charge in [0.05, 0.1) is 12.7 Å². The molecule has 1 aromatic carbocycles. The van der Waals surface area contributed by atoms with Gasteiger partial charge < -0.3 is 5.32 Å². The minimum atomic E-state index is -3.33. The van der Waals surface area contributed by atoms with Crippen LogP contribution in [0.1, 0.15) is 37.7 Å². The van der Waals surface area contributed by atoms with E-state index in [0.717, 1.165) is 25.7 Å². The van der Waals surface area contributed by atoms with E-state index < -0.39 is 15.8 Å². The van der Waals surface area contributed by atoms with Gasteiger partial charge in [0.25, 0.3) is 0 Å². The number of carbonyl (C=O) groups excluding carboxylic acids is 1. The number of hydrogen-bond acceptors (Lipinski definition) is 3. The number of benzene rings is 1. The third-order valence-corrected chi connectivity index (χ3v) is 5.83. The summed E-state index contributed by atoms with van der Waals surface area (Å²) in [7, 11) is -3.33. The molecule has 0 saturated carbocycles. The van der Waals surface area contributed by atoms with Crippen LogP contribution in [0.15, 0.2) is 35.9 Å². The Morgan fingerprint density at radius 3 is 2.65 bits per heavy atom. The van der Waals surface area contributed by atoms with Crippen LogP contribution in [0.2, 0.25) is 0 Å². The molecule has 0 unspecified atom stereocenters. The minimum absolute atomic E-state index is 0.0571. The molecule has 0 heterocycles. The monoisotopic (exact) mass is 382 g/mol. The normalized spacial score (nSPS) is 15.0. The lowest BCUT2D eigenvalue weighted by molar-refractivity contribution is -0.120. The van der Waals surface area contributed by atoms with E-state index in [1.165, 1.54) is 28.6 Å². The first kappa shape index (κ1) is 20.6. The second-order valence-electron chi connectivity index (χ2n) is 6.64. The van der Waals surface area contributed by atoms with E-state index in [1.54, 1.807) is 18.2 Å². The van der Waals surface area contributed by atoms with Crippen molar-refractivity contribution in [2.75, 3.05) is 25.9 Å². The summed E-state index contributed by atoms with van der Waals surface area (Å²) in [5, 5.41) is 2.67. The molecule has 144 valence electrons. The highest BCUT2D eigenvalue weighted by molar-refractivity contribution is 7.88. The Bertz CT molecular complexity index is 747. The Morgan fingerprint density at radius 1 is 1.23 bits per heavy atom. The molecule has 1 aliphatic carbocycles. The van der Waals surface area contributed by atoms with E-state index in [1.807, 2.05) is 0 Å². The van der Waals surface area contributed by atoms with Crippen LogP contribution in [0.25, 0.3) is 0 Å². The van der Waals surface area contributed by atoms with Gasteiger partial charge >= 0.3 is 0 Å². The second-order valence-corrected chi connectivity index (χ2v) is 8.62. The fraction of sp³-hybridized carbons (Fsp3) is 0.526. The fourth-order valence-electron chi connectivity index (χ4n) is 3.04. The molecule has 0 atom stereocenters. The molecule has 0 saturated heterocycles. The molecule has 1 aromatic rings. The van der Waals surface area contributed by atoms with Crippen molar-refractivity contribution >= 4 is 15.9 Å². The zero-order valence-electron chi connectivity index (χ0n) is 15.2. The molecule has 1 amide bonds. The first-order valence-electron chi connectivity index (χ1n) is 8.99. The lowest BCUT2D eigenvalue weighted by Crippen LogP contribution is -2.39. The third kappa shape index (κ3) is 6.88. The molecular formula is C19H27FN2O3S. The minimum Gasteiger partial charge on any atom is -0.354 e. The molecule has 26 heavy (non-hydrogen) atoms. The predicted molar refractivity (Wildman–Crippen MR) is 101 cm³/mol. The van der Waals surface area contributed by atoms with Crippen molar-refractivity contribution in [2.24, 2.45) is 0 Å². The maximum atomic E-state index is 13.6. The van der Waals surface area contributed by atoms with Crippen molar-refractivity contribution in [3.8, 4) is 0 Å². The van der Waals surface area contributed by atoms with Crippen LogP contribution >= 0.6 is 0 Å². The Balaban J connectivity index is 1.80. The number of sulfonamides is 1. The van der Waals surface area contributed by atoms with Gasteiger partial charge in [0.1, 0.15) is 5.82 Å². The summed E-state index contributed by atoms with van der Waals surface area (Å²) in [4.78, 5) is 11.9. The van der Waals surface area contributed by atoms with Crippen LogP contribution in [0.5, 0.6) is 0 Å². The lowest BCUT2D eigenvalue weighted by atomic mass is 9.97. The Labute approximate surface area is 155 Å². The van der Waals surface area contributed by atoms with E-state index in [9.17, 15) is 17.6 Å². The molecule has 1 N–H and O–H groups in total. The van der Waals surface area contributed by atoms with E-state index in [0.29, 0.717) is 12.1 Å². The highest BCUT2D eigenvalue weighted by atomic mass is 32.2. The largest absolute Gasteiger partial charge is 0.354 e. The van der Waals surface area contributed by atoms with Crippen LogP contribution in [-0.4, -0.2) is 44.5 Å². The molecule has 0 spiro atoms. The fourth-order valence-corrected chi connectivity index (χ4v) is 3.89. The van der Waals surface area contributed by atoms with Gasteiger partial charge in [-0.1, -0.05) is 29.8 Å². The number of amides is 1. The molecule has 7 heteroatoms. The van der Waals surface area contributed by atoms with E-state index in [4.69, 9.17) is 0 Å². The number of nitrogens with zero attached hydrogens (tertiary/aromatic N) is 1. The molecule has 0 fully saturated rings. The molecule has 2 rings (SSSR count). The summed E-state index contributed by atoms with van der Waals surface area (Å²) in [5.74, 6) is -0.736. The summed E-state index contributed by atoms with van der Waals surface area (Å²) in [6, 6.07) is 6.13. The smallest absolute Gasteiger partial charge is 0.224 e. The van der Waals surface area contributed by atoms with Gasteiger partial charge in [0.15, 0.2) is 0 Å². The van der Waals surface area contributed by atoms with Crippen molar-refractivity contribution in [3.63, 3.8) is 0 Å². The number of hydrogen-bond donors (Lipinski definition) is 1. The number of halogens is 1. The van der Waals surface area contributed by atoms with Crippen molar-refractivity contribution in [1.29, 1.82) is 0 Å². The molecule has 0 aromatic heterocycles.